The molecule has 0 aromatic carbocycles. The van der Waals surface area contributed by atoms with Gasteiger partial charge in [-0.1, -0.05) is 0 Å². The van der Waals surface area contributed by atoms with Crippen molar-refractivity contribution in [3.63, 3.8) is 0 Å². The predicted molar refractivity (Wildman–Crippen MR) is 30.5 cm³/mol. The van der Waals surface area contributed by atoms with E-state index in [1.165, 1.54) is 0 Å². The molecular formula is C5H7N3O. The maximum Gasteiger partial charge on any atom is 0.314 e. The Balaban J connectivity index is 2.37. The van der Waals surface area contributed by atoms with E-state index in [2.05, 4.69) is 10.6 Å². The van der Waals surface area contributed by atoms with E-state index in [0.29, 0.717) is 13.1 Å². The second-order valence-electron chi connectivity index (χ2n) is 1.92. The number of carbonyl (C=O) groups is 1. The third kappa shape index (κ3) is 1.32. The van der Waals surface area contributed by atoms with Gasteiger partial charge in [-0.05, 0) is 0 Å². The molecule has 1 heterocycles. The molecule has 1 aliphatic heterocycles. The lowest BCUT2D eigenvalue weighted by atomic mass is 10.1. The van der Waals surface area contributed by atoms with E-state index in [0.717, 1.165) is 0 Å². The molecule has 9 heavy (non-hydrogen) atoms. The zero-order valence-electron chi connectivity index (χ0n) is 4.85. The highest BCUT2D eigenvalue weighted by Gasteiger charge is 2.15. The van der Waals surface area contributed by atoms with Gasteiger partial charge in [0, 0.05) is 13.1 Å². The summed E-state index contributed by atoms with van der Waals surface area (Å²) < 4.78 is 0. The first-order valence-electron chi connectivity index (χ1n) is 2.74. The molecule has 0 spiro atoms. The van der Waals surface area contributed by atoms with Gasteiger partial charge in [0.2, 0.25) is 0 Å². The van der Waals surface area contributed by atoms with E-state index < -0.39 is 0 Å². The van der Waals surface area contributed by atoms with Gasteiger partial charge in [0.25, 0.3) is 0 Å². The number of hydrogen-bond donors (Lipinski definition) is 2. The van der Waals surface area contributed by atoms with E-state index in [9.17, 15) is 4.79 Å². The molecule has 1 saturated heterocycles. The van der Waals surface area contributed by atoms with Crippen molar-refractivity contribution in [2.24, 2.45) is 5.92 Å². The molecule has 0 aromatic rings. The highest BCUT2D eigenvalue weighted by Crippen LogP contribution is 1.93. The second kappa shape index (κ2) is 2.35. The van der Waals surface area contributed by atoms with Crippen LogP contribution in [0.3, 0.4) is 0 Å². The number of urea groups is 1. The molecule has 0 bridgehead atoms. The minimum Gasteiger partial charge on any atom is -0.337 e. The fourth-order valence-electron chi connectivity index (χ4n) is 0.658. The number of nitriles is 1. The molecule has 0 aromatic heterocycles. The van der Waals surface area contributed by atoms with E-state index in [4.69, 9.17) is 5.26 Å². The standard InChI is InChI=1S/C5H7N3O/c6-1-4-2-7-5(9)8-3-4/h4H,2-3H2,(H2,7,8,9). The highest BCUT2D eigenvalue weighted by atomic mass is 16.2. The van der Waals surface area contributed by atoms with Gasteiger partial charge in [0.15, 0.2) is 0 Å². The van der Waals surface area contributed by atoms with Crippen LogP contribution in [0.25, 0.3) is 0 Å². The van der Waals surface area contributed by atoms with Crippen LogP contribution >= 0.6 is 0 Å². The summed E-state index contributed by atoms with van der Waals surface area (Å²) in [7, 11) is 0. The Bertz CT molecular complexity index is 150. The van der Waals surface area contributed by atoms with E-state index in [-0.39, 0.29) is 11.9 Å². The lowest BCUT2D eigenvalue weighted by Crippen LogP contribution is -2.47. The summed E-state index contributed by atoms with van der Waals surface area (Å²) in [4.78, 5) is 10.4. The monoisotopic (exact) mass is 125 g/mol. The Morgan fingerprint density at radius 2 is 2.11 bits per heavy atom. The highest BCUT2D eigenvalue weighted by molar-refractivity contribution is 5.74. The molecule has 0 aliphatic carbocycles. The van der Waals surface area contributed by atoms with Crippen LogP contribution in [0.1, 0.15) is 0 Å². The van der Waals surface area contributed by atoms with Crippen molar-refractivity contribution in [1.82, 2.24) is 10.6 Å². The van der Waals surface area contributed by atoms with Gasteiger partial charge in [-0.3, -0.25) is 0 Å². The van der Waals surface area contributed by atoms with Crippen molar-refractivity contribution >= 4 is 6.03 Å². The zero-order valence-corrected chi connectivity index (χ0v) is 4.85. The number of amides is 2. The van der Waals surface area contributed by atoms with E-state index in [1.54, 1.807) is 0 Å². The maximum absolute atomic E-state index is 10.4. The average molecular weight is 125 g/mol. The number of carbonyl (C=O) groups excluding carboxylic acids is 1. The molecule has 0 unspecified atom stereocenters. The summed E-state index contributed by atoms with van der Waals surface area (Å²) in [6.45, 7) is 0.949. The Morgan fingerprint density at radius 1 is 1.56 bits per heavy atom. The van der Waals surface area contributed by atoms with Gasteiger partial charge in [-0.2, -0.15) is 5.26 Å². The van der Waals surface area contributed by atoms with Crippen molar-refractivity contribution in [3.8, 4) is 6.07 Å². The number of hydrogen-bond acceptors (Lipinski definition) is 2. The molecule has 1 aliphatic rings. The zero-order chi connectivity index (χ0) is 6.69. The molecule has 2 amide bonds. The molecule has 0 atom stereocenters. The van der Waals surface area contributed by atoms with Crippen molar-refractivity contribution in [2.75, 3.05) is 13.1 Å². The number of nitrogens with zero attached hydrogens (tertiary/aromatic N) is 1. The van der Waals surface area contributed by atoms with Crippen LogP contribution in [-0.4, -0.2) is 19.1 Å². The summed E-state index contributed by atoms with van der Waals surface area (Å²) in [6, 6.07) is 1.87. The second-order valence-corrected chi connectivity index (χ2v) is 1.92. The number of rotatable bonds is 0. The molecular weight excluding hydrogens is 118 g/mol. The topological polar surface area (TPSA) is 64.9 Å². The van der Waals surface area contributed by atoms with Crippen LogP contribution in [0.5, 0.6) is 0 Å². The molecule has 1 fully saturated rings. The number of nitrogens with one attached hydrogen (secondary N) is 2. The SMILES string of the molecule is N#CC1CNC(=O)NC1. The normalized spacial score (nSPS) is 19.7. The van der Waals surface area contributed by atoms with Crippen LogP contribution in [0.2, 0.25) is 0 Å². The van der Waals surface area contributed by atoms with Gasteiger partial charge >= 0.3 is 6.03 Å². The minimum atomic E-state index is -0.179. The van der Waals surface area contributed by atoms with Gasteiger partial charge in [0.1, 0.15) is 0 Å². The van der Waals surface area contributed by atoms with Crippen molar-refractivity contribution < 1.29 is 4.79 Å². The average Bonchev–Trinajstić information content (AvgIpc) is 1.90. The summed E-state index contributed by atoms with van der Waals surface area (Å²) in [5.74, 6) is -0.0669. The van der Waals surface area contributed by atoms with Gasteiger partial charge in [-0.25, -0.2) is 4.79 Å². The predicted octanol–water partition coefficient (Wildman–Crippen LogP) is -0.561. The lowest BCUT2D eigenvalue weighted by molar-refractivity contribution is 0.233. The molecule has 2 N–H and O–H groups in total. The van der Waals surface area contributed by atoms with Crippen LogP contribution < -0.4 is 10.6 Å². The van der Waals surface area contributed by atoms with E-state index >= 15 is 0 Å². The first-order chi connectivity index (χ1) is 4.33. The first kappa shape index (κ1) is 5.89. The summed E-state index contributed by atoms with van der Waals surface area (Å²) in [5, 5.41) is 13.4. The Labute approximate surface area is 52.8 Å². The molecule has 0 radical (unpaired) electrons. The van der Waals surface area contributed by atoms with Gasteiger partial charge < -0.3 is 10.6 Å². The molecule has 1 rings (SSSR count). The summed E-state index contributed by atoms with van der Waals surface area (Å²) in [5.41, 5.74) is 0. The lowest BCUT2D eigenvalue weighted by Gasteiger charge is -2.17. The Morgan fingerprint density at radius 3 is 2.56 bits per heavy atom. The van der Waals surface area contributed by atoms with Crippen LogP contribution in [0.4, 0.5) is 4.79 Å². The maximum atomic E-state index is 10.4. The van der Waals surface area contributed by atoms with Crippen molar-refractivity contribution in [3.05, 3.63) is 0 Å². The van der Waals surface area contributed by atoms with Crippen LogP contribution in [-0.2, 0) is 0 Å². The Hall–Kier alpha value is -1.24. The summed E-state index contributed by atoms with van der Waals surface area (Å²) in [6.07, 6.45) is 0. The van der Waals surface area contributed by atoms with Crippen molar-refractivity contribution in [1.29, 1.82) is 5.26 Å². The first-order valence-corrected chi connectivity index (χ1v) is 2.74. The van der Waals surface area contributed by atoms with Crippen molar-refractivity contribution in [2.45, 2.75) is 0 Å². The minimum absolute atomic E-state index is 0.0669. The largest absolute Gasteiger partial charge is 0.337 e. The Kier molecular flexibility index (Phi) is 1.54. The summed E-state index contributed by atoms with van der Waals surface area (Å²) >= 11 is 0. The third-order valence-corrected chi connectivity index (χ3v) is 1.20. The molecule has 4 nitrogen and oxygen atoms in total. The fourth-order valence-corrected chi connectivity index (χ4v) is 0.658. The molecule has 0 saturated carbocycles. The third-order valence-electron chi connectivity index (χ3n) is 1.20. The molecule has 4 heteroatoms. The quantitative estimate of drug-likeness (QED) is 0.455. The van der Waals surface area contributed by atoms with E-state index in [1.807, 2.05) is 6.07 Å². The van der Waals surface area contributed by atoms with Crippen LogP contribution in [0, 0.1) is 17.2 Å². The van der Waals surface area contributed by atoms with Gasteiger partial charge in [0.05, 0.1) is 12.0 Å². The smallest absolute Gasteiger partial charge is 0.314 e. The molecule has 48 valence electrons. The fraction of sp³-hybridized carbons (Fsp3) is 0.600. The van der Waals surface area contributed by atoms with Crippen LogP contribution in [0.15, 0.2) is 0 Å². The van der Waals surface area contributed by atoms with Gasteiger partial charge in [-0.15, -0.1) is 0 Å².